The fourth-order valence-electron chi connectivity index (χ4n) is 3.17. The molecule has 0 unspecified atom stereocenters. The standard InChI is InChI=1S/C17H26N2O2/c1-11(2)7-12(10-18)8-16(21)19-17-14-6-4-3-5-13(14)9-15(17)20/h3-6,11-12,15,17,20H,7-10,18H2,1-2H3,(H,19,21)/t12-,15-,17+/m0/s1. The first-order chi connectivity index (χ1) is 10.0. The number of aliphatic hydroxyl groups is 1. The van der Waals surface area contributed by atoms with Crippen LogP contribution >= 0.6 is 0 Å². The molecule has 1 aliphatic rings. The van der Waals surface area contributed by atoms with E-state index in [1.165, 1.54) is 0 Å². The Labute approximate surface area is 126 Å². The molecule has 1 aromatic rings. The molecule has 116 valence electrons. The van der Waals surface area contributed by atoms with Crippen LogP contribution in [0.2, 0.25) is 0 Å². The molecule has 4 heteroatoms. The van der Waals surface area contributed by atoms with Crippen molar-refractivity contribution in [3.63, 3.8) is 0 Å². The van der Waals surface area contributed by atoms with Gasteiger partial charge in [0.2, 0.25) is 5.91 Å². The van der Waals surface area contributed by atoms with Crippen molar-refractivity contribution >= 4 is 5.91 Å². The van der Waals surface area contributed by atoms with Crippen molar-refractivity contribution in [3.8, 4) is 0 Å². The van der Waals surface area contributed by atoms with E-state index in [1.807, 2.05) is 24.3 Å². The SMILES string of the molecule is CC(C)C[C@H](CN)CC(=O)N[C@@H]1c2ccccc2C[C@@H]1O. The summed E-state index contributed by atoms with van der Waals surface area (Å²) in [6.07, 6.45) is 1.45. The number of amides is 1. The maximum atomic E-state index is 12.2. The molecule has 1 amide bonds. The van der Waals surface area contributed by atoms with E-state index in [1.54, 1.807) is 0 Å². The number of nitrogens with two attached hydrogens (primary N) is 1. The van der Waals surface area contributed by atoms with Crippen LogP contribution in [0.25, 0.3) is 0 Å². The third kappa shape index (κ3) is 4.05. The Morgan fingerprint density at radius 2 is 2.14 bits per heavy atom. The van der Waals surface area contributed by atoms with E-state index in [4.69, 9.17) is 5.73 Å². The van der Waals surface area contributed by atoms with Crippen LogP contribution < -0.4 is 11.1 Å². The molecule has 0 fully saturated rings. The third-order valence-corrected chi connectivity index (χ3v) is 4.13. The van der Waals surface area contributed by atoms with E-state index in [0.29, 0.717) is 25.3 Å². The van der Waals surface area contributed by atoms with E-state index in [0.717, 1.165) is 17.5 Å². The second kappa shape index (κ2) is 7.05. The highest BCUT2D eigenvalue weighted by Crippen LogP contribution is 2.31. The van der Waals surface area contributed by atoms with Crippen LogP contribution in [-0.2, 0) is 11.2 Å². The molecule has 0 radical (unpaired) electrons. The predicted molar refractivity (Wildman–Crippen MR) is 83.7 cm³/mol. The van der Waals surface area contributed by atoms with Gasteiger partial charge in [-0.05, 0) is 35.9 Å². The number of fused-ring (bicyclic) bond motifs is 1. The largest absolute Gasteiger partial charge is 0.390 e. The van der Waals surface area contributed by atoms with E-state index >= 15 is 0 Å². The van der Waals surface area contributed by atoms with Crippen molar-refractivity contribution in [2.45, 2.75) is 45.3 Å². The van der Waals surface area contributed by atoms with Gasteiger partial charge in [-0.2, -0.15) is 0 Å². The molecular weight excluding hydrogens is 264 g/mol. The Hall–Kier alpha value is -1.39. The molecule has 0 saturated heterocycles. The molecule has 0 aromatic heterocycles. The minimum atomic E-state index is -0.534. The zero-order chi connectivity index (χ0) is 15.4. The second-order valence-electron chi connectivity index (χ2n) is 6.45. The molecule has 21 heavy (non-hydrogen) atoms. The molecule has 3 atom stereocenters. The number of hydrogen-bond donors (Lipinski definition) is 3. The quantitative estimate of drug-likeness (QED) is 0.747. The fourth-order valence-corrected chi connectivity index (χ4v) is 3.17. The predicted octanol–water partition coefficient (Wildman–Crippen LogP) is 1.77. The Balaban J connectivity index is 1.96. The zero-order valence-corrected chi connectivity index (χ0v) is 12.9. The second-order valence-corrected chi connectivity index (χ2v) is 6.45. The highest BCUT2D eigenvalue weighted by atomic mass is 16.3. The van der Waals surface area contributed by atoms with Crippen LogP contribution in [0.5, 0.6) is 0 Å². The van der Waals surface area contributed by atoms with Gasteiger partial charge in [-0.3, -0.25) is 4.79 Å². The van der Waals surface area contributed by atoms with Crippen molar-refractivity contribution in [1.29, 1.82) is 0 Å². The minimum Gasteiger partial charge on any atom is -0.390 e. The summed E-state index contributed by atoms with van der Waals surface area (Å²) < 4.78 is 0. The van der Waals surface area contributed by atoms with Gasteiger partial charge in [0.15, 0.2) is 0 Å². The monoisotopic (exact) mass is 290 g/mol. The van der Waals surface area contributed by atoms with Crippen molar-refractivity contribution < 1.29 is 9.90 Å². The number of rotatable bonds is 6. The van der Waals surface area contributed by atoms with E-state index in [-0.39, 0.29) is 17.9 Å². The fraction of sp³-hybridized carbons (Fsp3) is 0.588. The molecule has 4 nitrogen and oxygen atoms in total. The van der Waals surface area contributed by atoms with Gasteiger partial charge < -0.3 is 16.2 Å². The van der Waals surface area contributed by atoms with Gasteiger partial charge in [-0.1, -0.05) is 38.1 Å². The lowest BCUT2D eigenvalue weighted by atomic mass is 9.93. The summed E-state index contributed by atoms with van der Waals surface area (Å²) in [4.78, 5) is 12.2. The first-order valence-corrected chi connectivity index (χ1v) is 7.76. The number of carbonyl (C=O) groups excluding carboxylic acids is 1. The van der Waals surface area contributed by atoms with Gasteiger partial charge in [0.05, 0.1) is 12.1 Å². The van der Waals surface area contributed by atoms with Gasteiger partial charge >= 0.3 is 0 Å². The summed E-state index contributed by atoms with van der Waals surface area (Å²) in [5, 5.41) is 13.1. The van der Waals surface area contributed by atoms with Crippen LogP contribution in [0.1, 0.15) is 43.9 Å². The molecular formula is C17H26N2O2. The molecule has 1 aromatic carbocycles. The Morgan fingerprint density at radius 3 is 2.81 bits per heavy atom. The highest BCUT2D eigenvalue weighted by molar-refractivity contribution is 5.77. The molecule has 0 saturated carbocycles. The average Bonchev–Trinajstić information content (AvgIpc) is 2.74. The van der Waals surface area contributed by atoms with Gasteiger partial charge in [0.1, 0.15) is 0 Å². The average molecular weight is 290 g/mol. The van der Waals surface area contributed by atoms with Crippen LogP contribution in [0.4, 0.5) is 0 Å². The highest BCUT2D eigenvalue weighted by Gasteiger charge is 2.32. The molecule has 0 aliphatic heterocycles. The first kappa shape index (κ1) is 16.0. The number of carbonyl (C=O) groups is 1. The summed E-state index contributed by atoms with van der Waals surface area (Å²) >= 11 is 0. The van der Waals surface area contributed by atoms with Crippen molar-refractivity contribution in [2.75, 3.05) is 6.54 Å². The lowest BCUT2D eigenvalue weighted by Crippen LogP contribution is -2.35. The summed E-state index contributed by atoms with van der Waals surface area (Å²) in [6, 6.07) is 7.60. The Morgan fingerprint density at radius 1 is 1.43 bits per heavy atom. The summed E-state index contributed by atoms with van der Waals surface area (Å²) in [5.74, 6) is 0.717. The molecule has 4 N–H and O–H groups in total. The molecule has 2 rings (SSSR count). The zero-order valence-electron chi connectivity index (χ0n) is 12.9. The molecule has 0 bridgehead atoms. The topological polar surface area (TPSA) is 75.4 Å². The number of benzene rings is 1. The Kier molecular flexibility index (Phi) is 5.37. The minimum absolute atomic E-state index is 0.0214. The van der Waals surface area contributed by atoms with Gasteiger partial charge in [0.25, 0.3) is 0 Å². The summed E-state index contributed by atoms with van der Waals surface area (Å²) in [5.41, 5.74) is 7.90. The lowest BCUT2D eigenvalue weighted by Gasteiger charge is -2.21. The van der Waals surface area contributed by atoms with E-state index in [9.17, 15) is 9.90 Å². The summed E-state index contributed by atoms with van der Waals surface area (Å²) in [7, 11) is 0. The number of hydrogen-bond acceptors (Lipinski definition) is 3. The normalized spacial score (nSPS) is 22.1. The van der Waals surface area contributed by atoms with Gasteiger partial charge in [0, 0.05) is 12.8 Å². The van der Waals surface area contributed by atoms with E-state index in [2.05, 4.69) is 19.2 Å². The van der Waals surface area contributed by atoms with Crippen molar-refractivity contribution in [3.05, 3.63) is 35.4 Å². The van der Waals surface area contributed by atoms with Crippen molar-refractivity contribution in [1.82, 2.24) is 5.32 Å². The van der Waals surface area contributed by atoms with Gasteiger partial charge in [-0.25, -0.2) is 0 Å². The summed E-state index contributed by atoms with van der Waals surface area (Å²) in [6.45, 7) is 4.80. The molecule has 1 aliphatic carbocycles. The molecule has 0 heterocycles. The third-order valence-electron chi connectivity index (χ3n) is 4.13. The first-order valence-electron chi connectivity index (χ1n) is 7.76. The van der Waals surface area contributed by atoms with Crippen LogP contribution in [0, 0.1) is 11.8 Å². The molecule has 0 spiro atoms. The maximum absolute atomic E-state index is 12.2. The smallest absolute Gasteiger partial charge is 0.220 e. The number of nitrogens with one attached hydrogen (secondary N) is 1. The van der Waals surface area contributed by atoms with Crippen LogP contribution in [-0.4, -0.2) is 23.7 Å². The van der Waals surface area contributed by atoms with Crippen LogP contribution in [0.15, 0.2) is 24.3 Å². The Bertz CT molecular complexity index is 487. The lowest BCUT2D eigenvalue weighted by molar-refractivity contribution is -0.123. The van der Waals surface area contributed by atoms with Crippen LogP contribution in [0.3, 0.4) is 0 Å². The van der Waals surface area contributed by atoms with E-state index < -0.39 is 6.10 Å². The maximum Gasteiger partial charge on any atom is 0.220 e. The van der Waals surface area contributed by atoms with Gasteiger partial charge in [-0.15, -0.1) is 0 Å². The van der Waals surface area contributed by atoms with Crippen molar-refractivity contribution in [2.24, 2.45) is 17.6 Å². The number of aliphatic hydroxyl groups excluding tert-OH is 1.